The van der Waals surface area contributed by atoms with E-state index < -0.39 is 0 Å². The van der Waals surface area contributed by atoms with Crippen LogP contribution in [0, 0.1) is 5.92 Å². The van der Waals surface area contributed by atoms with E-state index in [9.17, 15) is 0 Å². The number of aromatic nitrogens is 3. The molecule has 21 heavy (non-hydrogen) atoms. The van der Waals surface area contributed by atoms with Gasteiger partial charge in [0, 0.05) is 32.6 Å². The first-order valence-electron chi connectivity index (χ1n) is 8.22. The lowest BCUT2D eigenvalue weighted by Gasteiger charge is -2.32. The second-order valence-corrected chi connectivity index (χ2v) is 6.13. The standard InChI is InChI=1S/C15H26N6/c1-3-16-15(20-9-6-12(2)7-10-20)17-11-14-19-18-13-5-4-8-21(13)14/h12H,3-11H2,1-2H3,(H,16,17). The molecule has 0 aromatic carbocycles. The number of nitrogens with one attached hydrogen (secondary N) is 1. The van der Waals surface area contributed by atoms with E-state index >= 15 is 0 Å². The van der Waals surface area contributed by atoms with Gasteiger partial charge < -0.3 is 14.8 Å². The Balaban J connectivity index is 1.68. The Morgan fingerprint density at radius 3 is 2.86 bits per heavy atom. The summed E-state index contributed by atoms with van der Waals surface area (Å²) in [5.74, 6) is 3.99. The highest BCUT2D eigenvalue weighted by Gasteiger charge is 2.20. The molecule has 0 atom stereocenters. The summed E-state index contributed by atoms with van der Waals surface area (Å²) in [6.45, 7) is 9.24. The average Bonchev–Trinajstić information content (AvgIpc) is 3.08. The second-order valence-electron chi connectivity index (χ2n) is 6.13. The van der Waals surface area contributed by atoms with E-state index in [1.165, 1.54) is 19.3 Å². The topological polar surface area (TPSA) is 58.3 Å². The summed E-state index contributed by atoms with van der Waals surface area (Å²) in [5.41, 5.74) is 0. The molecule has 0 aliphatic carbocycles. The van der Waals surface area contributed by atoms with Crippen LogP contribution in [0.1, 0.15) is 44.8 Å². The summed E-state index contributed by atoms with van der Waals surface area (Å²) in [6, 6.07) is 0. The fourth-order valence-corrected chi connectivity index (χ4v) is 3.12. The molecule has 0 spiro atoms. The minimum absolute atomic E-state index is 0.626. The van der Waals surface area contributed by atoms with Crippen molar-refractivity contribution in [1.29, 1.82) is 0 Å². The molecule has 1 aromatic heterocycles. The van der Waals surface area contributed by atoms with Crippen molar-refractivity contribution >= 4 is 5.96 Å². The number of rotatable bonds is 3. The largest absolute Gasteiger partial charge is 0.357 e. The number of hydrogen-bond acceptors (Lipinski definition) is 3. The fraction of sp³-hybridized carbons (Fsp3) is 0.800. The predicted octanol–water partition coefficient (Wildman–Crippen LogP) is 1.42. The molecule has 1 N–H and O–H groups in total. The van der Waals surface area contributed by atoms with E-state index in [1.54, 1.807) is 0 Å². The van der Waals surface area contributed by atoms with Crippen molar-refractivity contribution in [2.24, 2.45) is 10.9 Å². The number of aryl methyl sites for hydroxylation is 1. The van der Waals surface area contributed by atoms with Gasteiger partial charge in [-0.1, -0.05) is 6.92 Å². The lowest BCUT2D eigenvalue weighted by Crippen LogP contribution is -2.45. The Hall–Kier alpha value is -1.59. The van der Waals surface area contributed by atoms with Crippen molar-refractivity contribution in [3.8, 4) is 0 Å². The number of likely N-dealkylation sites (tertiary alicyclic amines) is 1. The van der Waals surface area contributed by atoms with Gasteiger partial charge in [0.15, 0.2) is 11.8 Å². The van der Waals surface area contributed by atoms with Crippen LogP contribution in [0.2, 0.25) is 0 Å². The number of guanidine groups is 1. The minimum Gasteiger partial charge on any atom is -0.357 e. The molecule has 0 saturated carbocycles. The first-order chi connectivity index (χ1) is 10.3. The SMILES string of the molecule is CCNC(=NCc1nnc2n1CCC2)N1CCC(C)CC1. The molecule has 116 valence electrons. The lowest BCUT2D eigenvalue weighted by atomic mass is 10.00. The first kappa shape index (κ1) is 14.4. The van der Waals surface area contributed by atoms with E-state index in [-0.39, 0.29) is 0 Å². The van der Waals surface area contributed by atoms with Crippen molar-refractivity contribution in [3.63, 3.8) is 0 Å². The Morgan fingerprint density at radius 2 is 2.10 bits per heavy atom. The minimum atomic E-state index is 0.626. The van der Waals surface area contributed by atoms with Gasteiger partial charge in [-0.3, -0.25) is 0 Å². The van der Waals surface area contributed by atoms with Crippen molar-refractivity contribution < 1.29 is 0 Å². The lowest BCUT2D eigenvalue weighted by molar-refractivity contribution is 0.273. The smallest absolute Gasteiger partial charge is 0.194 e. The predicted molar refractivity (Wildman–Crippen MR) is 83.1 cm³/mol. The molecule has 6 nitrogen and oxygen atoms in total. The van der Waals surface area contributed by atoms with Gasteiger partial charge in [-0.25, -0.2) is 4.99 Å². The molecule has 2 aliphatic rings. The molecule has 0 bridgehead atoms. The monoisotopic (exact) mass is 290 g/mol. The van der Waals surface area contributed by atoms with Crippen LogP contribution in [0.5, 0.6) is 0 Å². The Kier molecular flexibility index (Phi) is 4.41. The summed E-state index contributed by atoms with van der Waals surface area (Å²) >= 11 is 0. The van der Waals surface area contributed by atoms with E-state index in [4.69, 9.17) is 4.99 Å². The number of fused-ring (bicyclic) bond motifs is 1. The average molecular weight is 290 g/mol. The molecule has 3 heterocycles. The number of piperidine rings is 1. The summed E-state index contributed by atoms with van der Waals surface area (Å²) in [6.07, 6.45) is 4.75. The van der Waals surface area contributed by atoms with Gasteiger partial charge in [-0.2, -0.15) is 0 Å². The summed E-state index contributed by atoms with van der Waals surface area (Å²) in [5, 5.41) is 12.0. The maximum absolute atomic E-state index is 4.79. The molecule has 6 heteroatoms. The van der Waals surface area contributed by atoms with Gasteiger partial charge in [0.05, 0.1) is 0 Å². The zero-order chi connectivity index (χ0) is 14.7. The van der Waals surface area contributed by atoms with Crippen LogP contribution in [0.4, 0.5) is 0 Å². The molecular formula is C15H26N6. The Morgan fingerprint density at radius 1 is 1.29 bits per heavy atom. The Labute approximate surface area is 126 Å². The van der Waals surface area contributed by atoms with Crippen LogP contribution in [0.3, 0.4) is 0 Å². The molecule has 3 rings (SSSR count). The second kappa shape index (κ2) is 6.45. The van der Waals surface area contributed by atoms with Gasteiger partial charge in [-0.15, -0.1) is 10.2 Å². The van der Waals surface area contributed by atoms with Crippen LogP contribution >= 0.6 is 0 Å². The van der Waals surface area contributed by atoms with Crippen molar-refractivity contribution in [1.82, 2.24) is 25.0 Å². The number of nitrogens with zero attached hydrogens (tertiary/aromatic N) is 5. The van der Waals surface area contributed by atoms with E-state index in [0.717, 1.165) is 56.1 Å². The zero-order valence-electron chi connectivity index (χ0n) is 13.2. The van der Waals surface area contributed by atoms with Gasteiger partial charge >= 0.3 is 0 Å². The summed E-state index contributed by atoms with van der Waals surface area (Å²) in [7, 11) is 0. The van der Waals surface area contributed by atoms with Gasteiger partial charge in [0.2, 0.25) is 0 Å². The Bertz CT molecular complexity index is 498. The van der Waals surface area contributed by atoms with E-state index in [2.05, 4.69) is 38.8 Å². The van der Waals surface area contributed by atoms with Crippen molar-refractivity contribution in [2.45, 2.75) is 52.6 Å². The molecule has 2 aliphatic heterocycles. The third kappa shape index (κ3) is 3.19. The van der Waals surface area contributed by atoms with Crippen LogP contribution in [-0.2, 0) is 19.5 Å². The maximum atomic E-state index is 4.79. The molecule has 0 unspecified atom stereocenters. The molecule has 1 aromatic rings. The van der Waals surface area contributed by atoms with Crippen LogP contribution in [0.25, 0.3) is 0 Å². The van der Waals surface area contributed by atoms with E-state index in [0.29, 0.717) is 6.54 Å². The molecule has 1 fully saturated rings. The summed E-state index contributed by atoms with van der Waals surface area (Å²) < 4.78 is 2.23. The molecule has 0 radical (unpaired) electrons. The third-order valence-electron chi connectivity index (χ3n) is 4.47. The zero-order valence-corrected chi connectivity index (χ0v) is 13.2. The number of aliphatic imine (C=N–C) groups is 1. The highest BCUT2D eigenvalue weighted by molar-refractivity contribution is 5.80. The van der Waals surface area contributed by atoms with Crippen molar-refractivity contribution in [2.75, 3.05) is 19.6 Å². The molecule has 0 amide bonds. The quantitative estimate of drug-likeness (QED) is 0.676. The fourth-order valence-electron chi connectivity index (χ4n) is 3.12. The van der Waals surface area contributed by atoms with Gasteiger partial charge in [0.25, 0.3) is 0 Å². The van der Waals surface area contributed by atoms with Gasteiger partial charge in [-0.05, 0) is 32.1 Å². The van der Waals surface area contributed by atoms with Gasteiger partial charge in [0.1, 0.15) is 12.4 Å². The van der Waals surface area contributed by atoms with Crippen LogP contribution in [0.15, 0.2) is 4.99 Å². The maximum Gasteiger partial charge on any atom is 0.194 e. The van der Waals surface area contributed by atoms with Crippen LogP contribution < -0.4 is 5.32 Å². The molecular weight excluding hydrogens is 264 g/mol. The summed E-state index contributed by atoms with van der Waals surface area (Å²) in [4.78, 5) is 7.17. The van der Waals surface area contributed by atoms with E-state index in [1.807, 2.05) is 0 Å². The highest BCUT2D eigenvalue weighted by Crippen LogP contribution is 2.17. The first-order valence-corrected chi connectivity index (χ1v) is 8.22. The van der Waals surface area contributed by atoms with Crippen LogP contribution in [-0.4, -0.2) is 45.3 Å². The third-order valence-corrected chi connectivity index (χ3v) is 4.47. The van der Waals surface area contributed by atoms with Crippen molar-refractivity contribution in [3.05, 3.63) is 11.6 Å². The molecule has 1 saturated heterocycles. The highest BCUT2D eigenvalue weighted by atomic mass is 15.3. The normalized spacial score (nSPS) is 19.9. The number of hydrogen-bond donors (Lipinski definition) is 1.